The van der Waals surface area contributed by atoms with Gasteiger partial charge in [-0.05, 0) is 30.5 Å². The van der Waals surface area contributed by atoms with Crippen LogP contribution in [0.5, 0.6) is 0 Å². The Labute approximate surface area is 120 Å². The highest BCUT2D eigenvalue weighted by Crippen LogP contribution is 2.18. The number of amides is 1. The second-order valence-electron chi connectivity index (χ2n) is 5.71. The van der Waals surface area contributed by atoms with Crippen LogP contribution < -0.4 is 5.32 Å². The highest BCUT2D eigenvalue weighted by molar-refractivity contribution is 5.78. The number of rotatable bonds is 2. The van der Waals surface area contributed by atoms with E-state index in [0.29, 0.717) is 6.54 Å². The van der Waals surface area contributed by atoms with Crippen molar-refractivity contribution in [2.24, 2.45) is 0 Å². The molecule has 108 valence electrons. The van der Waals surface area contributed by atoms with Gasteiger partial charge < -0.3 is 10.2 Å². The fraction of sp³-hybridized carbons (Fsp3) is 0.562. The molecule has 2 aliphatic heterocycles. The molecule has 1 aromatic rings. The van der Waals surface area contributed by atoms with E-state index in [1.165, 1.54) is 11.1 Å². The third-order valence-electron chi connectivity index (χ3n) is 4.26. The summed E-state index contributed by atoms with van der Waals surface area (Å²) in [4.78, 5) is 16.7. The first-order valence-electron chi connectivity index (χ1n) is 7.60. The fourth-order valence-electron chi connectivity index (χ4n) is 3.08. The number of benzene rings is 1. The maximum atomic E-state index is 12.4. The lowest BCUT2D eigenvalue weighted by Crippen LogP contribution is -2.43. The summed E-state index contributed by atoms with van der Waals surface area (Å²) in [5, 5.41) is 3.34. The number of nitrogens with zero attached hydrogens (tertiary/aromatic N) is 2. The van der Waals surface area contributed by atoms with Crippen LogP contribution in [0.1, 0.15) is 17.5 Å². The van der Waals surface area contributed by atoms with E-state index in [4.69, 9.17) is 0 Å². The summed E-state index contributed by atoms with van der Waals surface area (Å²) < 4.78 is 0. The van der Waals surface area contributed by atoms with Crippen LogP contribution in [0.3, 0.4) is 0 Å². The van der Waals surface area contributed by atoms with Gasteiger partial charge >= 0.3 is 0 Å². The minimum atomic E-state index is 0.285. The average molecular weight is 273 g/mol. The zero-order valence-electron chi connectivity index (χ0n) is 12.0. The Morgan fingerprint density at radius 1 is 1.10 bits per heavy atom. The molecular weight excluding hydrogens is 250 g/mol. The van der Waals surface area contributed by atoms with E-state index in [9.17, 15) is 4.79 Å². The molecule has 3 rings (SSSR count). The first kappa shape index (κ1) is 13.6. The smallest absolute Gasteiger partial charge is 0.236 e. The van der Waals surface area contributed by atoms with Crippen LogP contribution in [0.2, 0.25) is 0 Å². The molecule has 20 heavy (non-hydrogen) atoms. The molecule has 1 N–H and O–H groups in total. The first-order valence-corrected chi connectivity index (χ1v) is 7.60. The van der Waals surface area contributed by atoms with Crippen LogP contribution in [0, 0.1) is 0 Å². The molecule has 2 heterocycles. The quantitative estimate of drug-likeness (QED) is 0.868. The lowest BCUT2D eigenvalue weighted by atomic mass is 10.00. The molecule has 0 atom stereocenters. The topological polar surface area (TPSA) is 35.6 Å². The Balaban J connectivity index is 1.57. The van der Waals surface area contributed by atoms with Gasteiger partial charge in [-0.25, -0.2) is 0 Å². The van der Waals surface area contributed by atoms with Gasteiger partial charge in [0.15, 0.2) is 0 Å². The molecule has 0 saturated carbocycles. The molecule has 4 nitrogen and oxygen atoms in total. The highest BCUT2D eigenvalue weighted by Gasteiger charge is 2.21. The third-order valence-corrected chi connectivity index (χ3v) is 4.26. The minimum Gasteiger partial charge on any atom is -0.340 e. The van der Waals surface area contributed by atoms with Crippen molar-refractivity contribution in [3.8, 4) is 0 Å². The normalized spacial score (nSPS) is 20.3. The van der Waals surface area contributed by atoms with Crippen LogP contribution in [-0.2, 0) is 17.8 Å². The summed E-state index contributed by atoms with van der Waals surface area (Å²) >= 11 is 0. The van der Waals surface area contributed by atoms with Gasteiger partial charge in [0.2, 0.25) is 5.91 Å². The van der Waals surface area contributed by atoms with Gasteiger partial charge in [-0.2, -0.15) is 0 Å². The maximum absolute atomic E-state index is 12.4. The van der Waals surface area contributed by atoms with Gasteiger partial charge in [-0.1, -0.05) is 24.3 Å². The van der Waals surface area contributed by atoms with Crippen LogP contribution >= 0.6 is 0 Å². The lowest BCUT2D eigenvalue weighted by Gasteiger charge is -2.30. The summed E-state index contributed by atoms with van der Waals surface area (Å²) in [5.74, 6) is 0.285. The molecule has 2 aliphatic rings. The molecule has 0 unspecified atom stereocenters. The van der Waals surface area contributed by atoms with E-state index in [0.717, 1.165) is 52.1 Å². The molecule has 4 heteroatoms. The largest absolute Gasteiger partial charge is 0.340 e. The number of carbonyl (C=O) groups excluding carboxylic acids is 1. The number of fused-ring (bicyclic) bond motifs is 1. The van der Waals surface area contributed by atoms with Gasteiger partial charge in [-0.15, -0.1) is 0 Å². The maximum Gasteiger partial charge on any atom is 0.236 e. The number of carbonyl (C=O) groups is 1. The Hall–Kier alpha value is -1.39. The van der Waals surface area contributed by atoms with Crippen LogP contribution in [0.4, 0.5) is 0 Å². The molecule has 0 bridgehead atoms. The summed E-state index contributed by atoms with van der Waals surface area (Å²) in [6, 6.07) is 8.57. The monoisotopic (exact) mass is 273 g/mol. The predicted octanol–water partition coefficient (Wildman–Crippen LogP) is 0.867. The van der Waals surface area contributed by atoms with Gasteiger partial charge in [0, 0.05) is 32.7 Å². The van der Waals surface area contributed by atoms with E-state index in [1.807, 2.05) is 4.90 Å². The van der Waals surface area contributed by atoms with Crippen molar-refractivity contribution in [3.63, 3.8) is 0 Å². The van der Waals surface area contributed by atoms with Gasteiger partial charge in [0.25, 0.3) is 0 Å². The van der Waals surface area contributed by atoms with Gasteiger partial charge in [-0.3, -0.25) is 9.69 Å². The van der Waals surface area contributed by atoms with Crippen molar-refractivity contribution < 1.29 is 4.79 Å². The van der Waals surface area contributed by atoms with E-state index < -0.39 is 0 Å². The van der Waals surface area contributed by atoms with Crippen molar-refractivity contribution >= 4 is 5.91 Å². The van der Waals surface area contributed by atoms with Gasteiger partial charge in [0.05, 0.1) is 6.54 Å². The second-order valence-corrected chi connectivity index (χ2v) is 5.71. The fourth-order valence-corrected chi connectivity index (χ4v) is 3.08. The SMILES string of the molecule is O=C(CN1CCc2ccccc2C1)N1CCCNCC1. The molecule has 0 aliphatic carbocycles. The first-order chi connectivity index (χ1) is 9.83. The Morgan fingerprint density at radius 3 is 2.85 bits per heavy atom. The molecule has 1 saturated heterocycles. The van der Waals surface area contributed by atoms with Crippen LogP contribution in [-0.4, -0.2) is 55.0 Å². The third kappa shape index (κ3) is 3.19. The van der Waals surface area contributed by atoms with E-state index in [2.05, 4.69) is 34.5 Å². The van der Waals surface area contributed by atoms with Crippen molar-refractivity contribution in [3.05, 3.63) is 35.4 Å². The van der Waals surface area contributed by atoms with Crippen molar-refractivity contribution in [1.29, 1.82) is 0 Å². The lowest BCUT2D eigenvalue weighted by molar-refractivity contribution is -0.132. The Morgan fingerprint density at radius 2 is 1.95 bits per heavy atom. The summed E-state index contributed by atoms with van der Waals surface area (Å²) in [5.41, 5.74) is 2.82. The van der Waals surface area contributed by atoms with Crippen molar-refractivity contribution in [2.45, 2.75) is 19.4 Å². The Kier molecular flexibility index (Phi) is 4.33. The highest BCUT2D eigenvalue weighted by atomic mass is 16.2. The molecule has 1 amide bonds. The van der Waals surface area contributed by atoms with Crippen molar-refractivity contribution in [2.75, 3.05) is 39.3 Å². The molecular formula is C16H23N3O. The summed E-state index contributed by atoms with van der Waals surface area (Å²) in [6.07, 6.45) is 2.12. The number of hydrogen-bond donors (Lipinski definition) is 1. The molecule has 1 aromatic carbocycles. The van der Waals surface area contributed by atoms with E-state index >= 15 is 0 Å². The van der Waals surface area contributed by atoms with Crippen LogP contribution in [0.15, 0.2) is 24.3 Å². The zero-order valence-corrected chi connectivity index (χ0v) is 12.0. The van der Waals surface area contributed by atoms with Gasteiger partial charge in [0.1, 0.15) is 0 Å². The van der Waals surface area contributed by atoms with E-state index in [1.54, 1.807) is 0 Å². The average Bonchev–Trinajstić information content (AvgIpc) is 2.76. The predicted molar refractivity (Wildman–Crippen MR) is 79.5 cm³/mol. The summed E-state index contributed by atoms with van der Waals surface area (Å²) in [7, 11) is 0. The van der Waals surface area contributed by atoms with E-state index in [-0.39, 0.29) is 5.91 Å². The Bertz CT molecular complexity index is 467. The number of hydrogen-bond acceptors (Lipinski definition) is 3. The standard InChI is InChI=1S/C16H23N3O/c20-16(19-9-3-7-17-8-11-19)13-18-10-6-14-4-1-2-5-15(14)12-18/h1-2,4-5,17H,3,6-13H2. The van der Waals surface area contributed by atoms with Crippen LogP contribution in [0.25, 0.3) is 0 Å². The number of nitrogens with one attached hydrogen (secondary N) is 1. The molecule has 0 aromatic heterocycles. The molecule has 1 fully saturated rings. The zero-order chi connectivity index (χ0) is 13.8. The molecule has 0 radical (unpaired) electrons. The molecule has 0 spiro atoms. The second kappa shape index (κ2) is 6.37. The minimum absolute atomic E-state index is 0.285. The summed E-state index contributed by atoms with van der Waals surface area (Å²) in [6.45, 7) is 6.17. The van der Waals surface area contributed by atoms with Crippen molar-refractivity contribution in [1.82, 2.24) is 15.1 Å².